The summed E-state index contributed by atoms with van der Waals surface area (Å²) in [5, 5.41) is 0. The van der Waals surface area contributed by atoms with E-state index in [1.54, 1.807) is 0 Å². The lowest BCUT2D eigenvalue weighted by Gasteiger charge is -2.40. The van der Waals surface area contributed by atoms with E-state index >= 15 is 0 Å². The molecule has 108 valence electrons. The highest BCUT2D eigenvalue weighted by molar-refractivity contribution is 5.93. The maximum Gasteiger partial charge on any atom is 0.303 e. The zero-order valence-corrected chi connectivity index (χ0v) is 11.8. The fraction of sp³-hybridized carbons (Fsp3) is 0.769. The minimum atomic E-state index is -0.593. The molecule has 1 aliphatic rings. The molecule has 0 aromatic carbocycles. The van der Waals surface area contributed by atoms with Crippen LogP contribution in [0.4, 0.5) is 0 Å². The van der Waals surface area contributed by atoms with Crippen molar-refractivity contribution in [2.24, 2.45) is 0 Å². The first-order chi connectivity index (χ1) is 8.88. The maximum atomic E-state index is 11.6. The van der Waals surface area contributed by atoms with Gasteiger partial charge in [0, 0.05) is 27.9 Å². The van der Waals surface area contributed by atoms with Crippen LogP contribution >= 0.6 is 0 Å². The van der Waals surface area contributed by atoms with Crippen molar-refractivity contribution in [2.75, 3.05) is 7.11 Å². The van der Waals surface area contributed by atoms with Gasteiger partial charge in [0.2, 0.25) is 11.8 Å². The Hall–Kier alpha value is -1.43. The average Bonchev–Trinajstić information content (AvgIpc) is 2.29. The lowest BCUT2D eigenvalue weighted by Crippen LogP contribution is -2.56. The van der Waals surface area contributed by atoms with Gasteiger partial charge in [0.15, 0.2) is 0 Å². The van der Waals surface area contributed by atoms with Crippen molar-refractivity contribution < 1.29 is 23.9 Å². The molecule has 2 amide bonds. The number of hydrogen-bond acceptors (Lipinski definition) is 5. The molecule has 6 heteroatoms. The first kappa shape index (κ1) is 15.6. The summed E-state index contributed by atoms with van der Waals surface area (Å²) < 4.78 is 10.6. The third-order valence-electron chi connectivity index (χ3n) is 3.35. The van der Waals surface area contributed by atoms with E-state index in [0.29, 0.717) is 6.42 Å². The van der Waals surface area contributed by atoms with Gasteiger partial charge in [-0.2, -0.15) is 0 Å². The van der Waals surface area contributed by atoms with Crippen molar-refractivity contribution >= 4 is 17.8 Å². The first-order valence-electron chi connectivity index (χ1n) is 6.38. The van der Waals surface area contributed by atoms with E-state index in [-0.39, 0.29) is 17.9 Å². The second kappa shape index (κ2) is 6.65. The molecule has 0 spiro atoms. The molecule has 0 aromatic heterocycles. The summed E-state index contributed by atoms with van der Waals surface area (Å²) in [6.45, 7) is 3.98. The van der Waals surface area contributed by atoms with Gasteiger partial charge in [-0.05, 0) is 19.3 Å². The number of amides is 2. The predicted molar refractivity (Wildman–Crippen MR) is 67.2 cm³/mol. The molecule has 0 radical (unpaired) electrons. The summed E-state index contributed by atoms with van der Waals surface area (Å²) in [5.41, 5.74) is 0. The third kappa shape index (κ3) is 3.76. The Balaban J connectivity index is 3.01. The maximum absolute atomic E-state index is 11.6. The van der Waals surface area contributed by atoms with Crippen LogP contribution in [0.3, 0.4) is 0 Å². The van der Waals surface area contributed by atoms with Crippen molar-refractivity contribution in [3.05, 3.63) is 0 Å². The molecule has 1 rings (SSSR count). The van der Waals surface area contributed by atoms with E-state index in [0.717, 1.165) is 12.8 Å². The lowest BCUT2D eigenvalue weighted by atomic mass is 9.88. The quantitative estimate of drug-likeness (QED) is 0.712. The summed E-state index contributed by atoms with van der Waals surface area (Å²) in [4.78, 5) is 35.7. The molecule has 19 heavy (non-hydrogen) atoms. The summed E-state index contributed by atoms with van der Waals surface area (Å²) in [7, 11) is 1.54. The van der Waals surface area contributed by atoms with Gasteiger partial charge in [0.1, 0.15) is 6.10 Å². The van der Waals surface area contributed by atoms with E-state index in [2.05, 4.69) is 0 Å². The van der Waals surface area contributed by atoms with Crippen molar-refractivity contribution in [1.82, 2.24) is 4.90 Å². The Kier molecular flexibility index (Phi) is 5.47. The number of imide groups is 1. The normalized spacial score (nSPS) is 26.6. The van der Waals surface area contributed by atoms with Crippen LogP contribution in [0, 0.1) is 0 Å². The van der Waals surface area contributed by atoms with Crippen molar-refractivity contribution in [2.45, 2.75) is 58.3 Å². The van der Waals surface area contributed by atoms with E-state index in [1.807, 2.05) is 0 Å². The van der Waals surface area contributed by atoms with E-state index in [9.17, 15) is 14.4 Å². The number of esters is 1. The SMILES string of the molecule is CO[C@@H]1CCC[C@H](N(C(C)=O)C(C)=O)[C@H]1OC(C)=O. The molecule has 0 aromatic rings. The molecule has 3 atom stereocenters. The van der Waals surface area contributed by atoms with Gasteiger partial charge in [-0.25, -0.2) is 0 Å². The van der Waals surface area contributed by atoms with Gasteiger partial charge in [-0.15, -0.1) is 0 Å². The molecule has 0 bridgehead atoms. The molecule has 1 saturated carbocycles. The number of carbonyl (C=O) groups is 3. The van der Waals surface area contributed by atoms with Crippen LogP contribution in [0.5, 0.6) is 0 Å². The summed E-state index contributed by atoms with van der Waals surface area (Å²) >= 11 is 0. The number of hydrogen-bond donors (Lipinski definition) is 0. The predicted octanol–water partition coefficient (Wildman–Crippen LogP) is 0.881. The van der Waals surface area contributed by atoms with Gasteiger partial charge >= 0.3 is 5.97 Å². The summed E-state index contributed by atoms with van der Waals surface area (Å²) in [5.74, 6) is -1.12. The van der Waals surface area contributed by atoms with Crippen molar-refractivity contribution in [3.63, 3.8) is 0 Å². The Bertz CT molecular complexity index is 354. The summed E-state index contributed by atoms with van der Waals surface area (Å²) in [6.07, 6.45) is 1.30. The van der Waals surface area contributed by atoms with Crippen molar-refractivity contribution in [1.29, 1.82) is 0 Å². The number of rotatable bonds is 3. The standard InChI is InChI=1S/C13H21NO5/c1-8(15)14(9(2)16)11-6-5-7-12(18-4)13(11)19-10(3)17/h11-13H,5-7H2,1-4H3/t11-,12+,13+/m0/s1. The van der Waals surface area contributed by atoms with Gasteiger partial charge in [0.05, 0.1) is 12.1 Å². The highest BCUT2D eigenvalue weighted by Gasteiger charge is 2.41. The Morgan fingerprint density at radius 1 is 1.05 bits per heavy atom. The number of carbonyl (C=O) groups excluding carboxylic acids is 3. The Labute approximate surface area is 113 Å². The number of nitrogens with zero attached hydrogens (tertiary/aromatic N) is 1. The minimum Gasteiger partial charge on any atom is -0.458 e. The van der Waals surface area contributed by atoms with Crippen LogP contribution in [0.2, 0.25) is 0 Å². The molecular formula is C13H21NO5. The van der Waals surface area contributed by atoms with Crippen LogP contribution in [0.1, 0.15) is 40.0 Å². The molecule has 0 heterocycles. The fourth-order valence-corrected chi connectivity index (χ4v) is 2.67. The highest BCUT2D eigenvalue weighted by Crippen LogP contribution is 2.28. The van der Waals surface area contributed by atoms with E-state index in [1.165, 1.54) is 32.8 Å². The molecular weight excluding hydrogens is 250 g/mol. The highest BCUT2D eigenvalue weighted by atomic mass is 16.6. The van der Waals surface area contributed by atoms with Crippen LogP contribution in [-0.4, -0.2) is 48.0 Å². The molecule has 1 aliphatic carbocycles. The molecule has 0 saturated heterocycles. The second-order valence-electron chi connectivity index (χ2n) is 4.75. The van der Waals surface area contributed by atoms with E-state index < -0.39 is 18.1 Å². The molecule has 1 fully saturated rings. The van der Waals surface area contributed by atoms with E-state index in [4.69, 9.17) is 9.47 Å². The topological polar surface area (TPSA) is 72.9 Å². The third-order valence-corrected chi connectivity index (χ3v) is 3.35. The Morgan fingerprint density at radius 2 is 1.63 bits per heavy atom. The first-order valence-corrected chi connectivity index (χ1v) is 6.38. The lowest BCUT2D eigenvalue weighted by molar-refractivity contribution is -0.171. The van der Waals surface area contributed by atoms with Gasteiger partial charge < -0.3 is 9.47 Å². The van der Waals surface area contributed by atoms with Crippen LogP contribution in [0.25, 0.3) is 0 Å². The molecule has 0 aliphatic heterocycles. The summed E-state index contributed by atoms with van der Waals surface area (Å²) in [6, 6.07) is -0.447. The van der Waals surface area contributed by atoms with Crippen LogP contribution in [0.15, 0.2) is 0 Å². The zero-order chi connectivity index (χ0) is 14.6. The average molecular weight is 271 g/mol. The van der Waals surface area contributed by atoms with Crippen LogP contribution in [-0.2, 0) is 23.9 Å². The fourth-order valence-electron chi connectivity index (χ4n) is 2.67. The smallest absolute Gasteiger partial charge is 0.303 e. The zero-order valence-electron chi connectivity index (χ0n) is 11.8. The van der Waals surface area contributed by atoms with Crippen LogP contribution < -0.4 is 0 Å². The van der Waals surface area contributed by atoms with Gasteiger partial charge in [0.25, 0.3) is 0 Å². The number of methoxy groups -OCH3 is 1. The second-order valence-corrected chi connectivity index (χ2v) is 4.75. The minimum absolute atomic E-state index is 0.288. The van der Waals surface area contributed by atoms with Crippen molar-refractivity contribution in [3.8, 4) is 0 Å². The molecule has 0 N–H and O–H groups in total. The monoisotopic (exact) mass is 271 g/mol. The van der Waals surface area contributed by atoms with Gasteiger partial charge in [-0.1, -0.05) is 0 Å². The van der Waals surface area contributed by atoms with Gasteiger partial charge in [-0.3, -0.25) is 19.3 Å². The molecule has 6 nitrogen and oxygen atoms in total. The largest absolute Gasteiger partial charge is 0.458 e. The Morgan fingerprint density at radius 3 is 2.05 bits per heavy atom. The molecule has 0 unspecified atom stereocenters. The number of ether oxygens (including phenoxy) is 2.